The van der Waals surface area contributed by atoms with Crippen molar-refractivity contribution in [2.75, 3.05) is 10.8 Å². The number of rotatable bonds is 11. The summed E-state index contributed by atoms with van der Waals surface area (Å²) in [5.74, 6) is -0.858. The van der Waals surface area contributed by atoms with Crippen LogP contribution in [0.1, 0.15) is 43.0 Å². The smallest absolute Gasteiger partial charge is 0.264 e. The molecule has 0 aromatic heterocycles. The molecular formula is C36H39BrClN3O4S. The molecule has 0 saturated carbocycles. The number of benzene rings is 4. The van der Waals surface area contributed by atoms with Crippen molar-refractivity contribution >= 4 is 55.1 Å². The summed E-state index contributed by atoms with van der Waals surface area (Å²) in [4.78, 5) is 30.1. The normalized spacial score (nSPS) is 12.3. The van der Waals surface area contributed by atoms with Crippen molar-refractivity contribution in [1.82, 2.24) is 10.2 Å². The van der Waals surface area contributed by atoms with Gasteiger partial charge in [-0.1, -0.05) is 76.1 Å². The lowest BCUT2D eigenvalue weighted by molar-refractivity contribution is -0.140. The molecule has 4 rings (SSSR count). The second-order valence-electron chi connectivity index (χ2n) is 12.3. The quantitative estimate of drug-likeness (QED) is 0.174. The number of carbonyl (C=O) groups excluding carboxylic acids is 2. The third kappa shape index (κ3) is 9.21. The van der Waals surface area contributed by atoms with Crippen molar-refractivity contribution in [2.24, 2.45) is 0 Å². The molecule has 7 nitrogen and oxygen atoms in total. The van der Waals surface area contributed by atoms with E-state index in [1.807, 2.05) is 95.3 Å². The number of nitrogens with one attached hydrogen (secondary N) is 1. The average molecular weight is 725 g/mol. The van der Waals surface area contributed by atoms with Gasteiger partial charge in [-0.25, -0.2) is 8.42 Å². The fourth-order valence-electron chi connectivity index (χ4n) is 4.94. The van der Waals surface area contributed by atoms with Gasteiger partial charge in [0.05, 0.1) is 10.6 Å². The Morgan fingerprint density at radius 2 is 1.48 bits per heavy atom. The second-order valence-corrected chi connectivity index (χ2v) is 15.5. The summed E-state index contributed by atoms with van der Waals surface area (Å²) in [6.07, 6.45) is 0.235. The summed E-state index contributed by atoms with van der Waals surface area (Å²) < 4.78 is 30.4. The lowest BCUT2D eigenvalue weighted by Crippen LogP contribution is -2.56. The van der Waals surface area contributed by atoms with Gasteiger partial charge in [0.15, 0.2) is 0 Å². The Bertz CT molecular complexity index is 1780. The zero-order valence-electron chi connectivity index (χ0n) is 26.6. The van der Waals surface area contributed by atoms with E-state index in [1.54, 1.807) is 12.1 Å². The summed E-state index contributed by atoms with van der Waals surface area (Å²) in [6.45, 7) is 9.02. The molecule has 0 aliphatic heterocycles. The number of nitrogens with zero attached hydrogens (tertiary/aromatic N) is 2. The van der Waals surface area contributed by atoms with Crippen LogP contribution >= 0.6 is 27.5 Å². The van der Waals surface area contributed by atoms with E-state index in [0.717, 1.165) is 31.0 Å². The number of hydrogen-bond acceptors (Lipinski definition) is 4. The summed E-state index contributed by atoms with van der Waals surface area (Å²) in [5, 5.41) is 3.44. The maximum atomic E-state index is 14.6. The molecule has 0 unspecified atom stereocenters. The molecule has 0 saturated heterocycles. The van der Waals surface area contributed by atoms with Crippen molar-refractivity contribution in [3.8, 4) is 0 Å². The predicted molar refractivity (Wildman–Crippen MR) is 188 cm³/mol. The molecule has 2 amide bonds. The van der Waals surface area contributed by atoms with Crippen LogP contribution in [0, 0.1) is 13.8 Å². The van der Waals surface area contributed by atoms with Crippen LogP contribution < -0.4 is 9.62 Å². The van der Waals surface area contributed by atoms with E-state index in [0.29, 0.717) is 10.7 Å². The van der Waals surface area contributed by atoms with Crippen molar-refractivity contribution in [3.63, 3.8) is 0 Å². The first-order valence-corrected chi connectivity index (χ1v) is 17.5. The molecule has 0 aliphatic rings. The third-order valence-corrected chi connectivity index (χ3v) is 10.1. The summed E-state index contributed by atoms with van der Waals surface area (Å²) >= 11 is 9.54. The van der Waals surface area contributed by atoms with Gasteiger partial charge in [0.25, 0.3) is 10.0 Å². The van der Waals surface area contributed by atoms with Crippen molar-refractivity contribution in [2.45, 2.75) is 64.1 Å². The van der Waals surface area contributed by atoms with Gasteiger partial charge in [-0.3, -0.25) is 13.9 Å². The summed E-state index contributed by atoms with van der Waals surface area (Å²) in [6, 6.07) is 27.1. The van der Waals surface area contributed by atoms with Crippen LogP contribution in [-0.2, 0) is 32.6 Å². The Morgan fingerprint density at radius 1 is 0.848 bits per heavy atom. The SMILES string of the molecule is Cc1ccc(N(CC(=O)N(Cc2ccc(Br)cc2)[C@H](Cc2ccccc2)C(=O)NC(C)(C)C)S(=O)(=O)c2ccc(Cl)cc2)cc1C. The molecule has 0 heterocycles. The van der Waals surface area contributed by atoms with Crippen LogP contribution in [0.2, 0.25) is 5.02 Å². The number of amides is 2. The third-order valence-electron chi connectivity index (χ3n) is 7.49. The van der Waals surface area contributed by atoms with E-state index in [1.165, 1.54) is 29.2 Å². The minimum absolute atomic E-state index is 0.00583. The molecule has 242 valence electrons. The number of carbonyl (C=O) groups is 2. The Hall–Kier alpha value is -3.66. The molecule has 0 spiro atoms. The van der Waals surface area contributed by atoms with E-state index in [-0.39, 0.29) is 23.8 Å². The Morgan fingerprint density at radius 3 is 2.07 bits per heavy atom. The molecule has 1 N–H and O–H groups in total. The Kier molecular flexibility index (Phi) is 11.4. The molecule has 0 radical (unpaired) electrons. The predicted octanol–water partition coefficient (Wildman–Crippen LogP) is 7.47. The molecule has 46 heavy (non-hydrogen) atoms. The van der Waals surface area contributed by atoms with Crippen molar-refractivity contribution in [1.29, 1.82) is 0 Å². The molecule has 0 aliphatic carbocycles. The zero-order chi connectivity index (χ0) is 33.6. The van der Waals surface area contributed by atoms with Crippen LogP contribution in [0.25, 0.3) is 0 Å². The minimum Gasteiger partial charge on any atom is -0.350 e. The maximum absolute atomic E-state index is 14.6. The van der Waals surface area contributed by atoms with Crippen LogP contribution in [0.3, 0.4) is 0 Å². The number of hydrogen-bond donors (Lipinski definition) is 1. The van der Waals surface area contributed by atoms with Crippen LogP contribution in [0.5, 0.6) is 0 Å². The van der Waals surface area contributed by atoms with Gasteiger partial charge in [0.1, 0.15) is 12.6 Å². The van der Waals surface area contributed by atoms with Crippen molar-refractivity contribution < 1.29 is 18.0 Å². The Labute approximate surface area is 285 Å². The molecule has 10 heteroatoms. The number of halogens is 2. The number of sulfonamides is 1. The molecular weight excluding hydrogens is 686 g/mol. The second kappa shape index (κ2) is 14.8. The maximum Gasteiger partial charge on any atom is 0.264 e. The van der Waals surface area contributed by atoms with Crippen LogP contribution in [-0.4, -0.2) is 43.3 Å². The molecule has 0 fully saturated rings. The van der Waals surface area contributed by atoms with E-state index < -0.39 is 34.1 Å². The van der Waals surface area contributed by atoms with E-state index in [2.05, 4.69) is 21.2 Å². The van der Waals surface area contributed by atoms with Crippen molar-refractivity contribution in [3.05, 3.63) is 129 Å². The highest BCUT2D eigenvalue weighted by Gasteiger charge is 2.35. The standard InChI is InChI=1S/C36H39BrClN3O4S/c1-25-11-18-31(21-26(25)2)41(46(44,45)32-19-16-30(38)17-20-32)24-34(42)40(23-28-12-14-29(37)15-13-28)33(35(43)39-36(3,4)5)22-27-9-7-6-8-10-27/h6-21,33H,22-24H2,1-5H3,(H,39,43)/t33-/m1/s1. The zero-order valence-corrected chi connectivity index (χ0v) is 29.8. The molecule has 1 atom stereocenters. The van der Waals surface area contributed by atoms with Gasteiger partial charge in [-0.2, -0.15) is 0 Å². The highest BCUT2D eigenvalue weighted by atomic mass is 79.9. The molecule has 0 bridgehead atoms. The lowest BCUT2D eigenvalue weighted by Gasteiger charge is -2.35. The first-order valence-electron chi connectivity index (χ1n) is 14.9. The van der Waals surface area contributed by atoms with Gasteiger partial charge in [0, 0.05) is 28.0 Å². The number of anilines is 1. The van der Waals surface area contributed by atoms with E-state index in [9.17, 15) is 18.0 Å². The average Bonchev–Trinajstić information content (AvgIpc) is 2.99. The largest absolute Gasteiger partial charge is 0.350 e. The first kappa shape index (κ1) is 35.2. The summed E-state index contributed by atoms with van der Waals surface area (Å²) in [5.41, 5.74) is 3.29. The van der Waals surface area contributed by atoms with Gasteiger partial charge in [-0.15, -0.1) is 0 Å². The fourth-order valence-corrected chi connectivity index (χ4v) is 6.73. The first-order chi connectivity index (χ1) is 21.6. The Balaban J connectivity index is 1.83. The highest BCUT2D eigenvalue weighted by molar-refractivity contribution is 9.10. The van der Waals surface area contributed by atoms with Gasteiger partial charge in [0.2, 0.25) is 11.8 Å². The van der Waals surface area contributed by atoms with Gasteiger partial charge >= 0.3 is 0 Å². The highest BCUT2D eigenvalue weighted by Crippen LogP contribution is 2.28. The van der Waals surface area contributed by atoms with Gasteiger partial charge in [-0.05, 0) is 105 Å². The monoisotopic (exact) mass is 723 g/mol. The minimum atomic E-state index is -4.22. The van der Waals surface area contributed by atoms with Crippen LogP contribution in [0.4, 0.5) is 5.69 Å². The van der Waals surface area contributed by atoms with Gasteiger partial charge < -0.3 is 10.2 Å². The lowest BCUT2D eigenvalue weighted by atomic mass is 10.0. The summed E-state index contributed by atoms with van der Waals surface area (Å²) in [7, 11) is -4.22. The van der Waals surface area contributed by atoms with E-state index in [4.69, 9.17) is 11.6 Å². The molecule has 4 aromatic rings. The molecule has 4 aromatic carbocycles. The number of aryl methyl sites for hydroxylation is 2. The van der Waals surface area contributed by atoms with E-state index >= 15 is 0 Å². The topological polar surface area (TPSA) is 86.8 Å². The fraction of sp³-hybridized carbons (Fsp3) is 0.278. The van der Waals surface area contributed by atoms with Crippen LogP contribution in [0.15, 0.2) is 106 Å².